The molecule has 2 aromatic heterocycles. The highest BCUT2D eigenvalue weighted by molar-refractivity contribution is 8.00. The molecule has 15 heavy (non-hydrogen) atoms. The molecule has 0 bridgehead atoms. The van der Waals surface area contributed by atoms with Crippen LogP contribution in [0.25, 0.3) is 5.69 Å². The summed E-state index contributed by atoms with van der Waals surface area (Å²) in [6.45, 7) is 2.11. The number of hydrogen-bond acceptors (Lipinski definition) is 5. The largest absolute Gasteiger partial charge is 0.446 e. The molecule has 0 N–H and O–H groups in total. The molecule has 3 rings (SSSR count). The van der Waals surface area contributed by atoms with E-state index in [0.29, 0.717) is 11.6 Å². The second-order valence-corrected chi connectivity index (χ2v) is 5.61. The van der Waals surface area contributed by atoms with Crippen LogP contribution in [-0.4, -0.2) is 9.72 Å². The van der Waals surface area contributed by atoms with Crippen molar-refractivity contribution >= 4 is 23.1 Å². The van der Waals surface area contributed by atoms with Crippen LogP contribution >= 0.6 is 23.1 Å². The first-order valence-corrected chi connectivity index (χ1v) is 6.43. The monoisotopic (exact) mass is 240 g/mol. The molecule has 0 amide bonds. The Kier molecular flexibility index (Phi) is 2.00. The van der Waals surface area contributed by atoms with Gasteiger partial charge in [0.05, 0.1) is 15.6 Å². The van der Waals surface area contributed by atoms with Gasteiger partial charge in [0.15, 0.2) is 5.82 Å². The zero-order valence-electron chi connectivity index (χ0n) is 8.02. The van der Waals surface area contributed by atoms with Gasteiger partial charge in [0, 0.05) is 4.88 Å². The Labute approximate surface area is 93.9 Å². The van der Waals surface area contributed by atoms with Gasteiger partial charge in [0.1, 0.15) is 0 Å². The summed E-state index contributed by atoms with van der Waals surface area (Å²) in [7, 11) is 0. The molecule has 0 aromatic carbocycles. The summed E-state index contributed by atoms with van der Waals surface area (Å²) in [5.74, 6) is 1.03. The number of thioether (sulfide) groups is 1. The van der Waals surface area contributed by atoms with Crippen LogP contribution in [0.2, 0.25) is 0 Å². The van der Waals surface area contributed by atoms with Crippen molar-refractivity contribution in [2.45, 2.75) is 23.3 Å². The van der Waals surface area contributed by atoms with Gasteiger partial charge in [0.25, 0.3) is 0 Å². The van der Waals surface area contributed by atoms with E-state index in [2.05, 4.69) is 16.6 Å². The zero-order chi connectivity index (χ0) is 10.4. The predicted octanol–water partition coefficient (Wildman–Crippen LogP) is 2.06. The molecule has 0 spiro atoms. The molecule has 78 valence electrons. The molecule has 3 heterocycles. The maximum atomic E-state index is 11.5. The molecule has 0 fully saturated rings. The van der Waals surface area contributed by atoms with Gasteiger partial charge in [-0.25, -0.2) is 9.36 Å². The average molecular weight is 240 g/mol. The van der Waals surface area contributed by atoms with Crippen molar-refractivity contribution < 1.29 is 4.52 Å². The third-order valence-corrected chi connectivity index (χ3v) is 4.86. The highest BCUT2D eigenvalue weighted by Crippen LogP contribution is 2.39. The third-order valence-electron chi connectivity index (χ3n) is 2.32. The number of thiophene rings is 1. The predicted molar refractivity (Wildman–Crippen MR) is 58.9 cm³/mol. The number of rotatable bonds is 1. The van der Waals surface area contributed by atoms with Crippen LogP contribution in [0.3, 0.4) is 0 Å². The van der Waals surface area contributed by atoms with Gasteiger partial charge < -0.3 is 0 Å². The van der Waals surface area contributed by atoms with Gasteiger partial charge in [-0.2, -0.15) is 0 Å². The average Bonchev–Trinajstić information content (AvgIpc) is 2.81. The van der Waals surface area contributed by atoms with E-state index in [4.69, 9.17) is 0 Å². The Balaban J connectivity index is 2.27. The molecule has 0 radical (unpaired) electrons. The summed E-state index contributed by atoms with van der Waals surface area (Å²) in [6, 6.07) is 2.05. The molecule has 0 unspecified atom stereocenters. The Morgan fingerprint density at radius 2 is 2.53 bits per heavy atom. The molecular formula is C9H8N2O2S2. The van der Waals surface area contributed by atoms with Crippen LogP contribution in [0, 0.1) is 0 Å². The number of hydrogen-bond donors (Lipinski definition) is 0. The van der Waals surface area contributed by atoms with E-state index in [9.17, 15) is 4.79 Å². The van der Waals surface area contributed by atoms with E-state index >= 15 is 0 Å². The van der Waals surface area contributed by atoms with E-state index in [1.165, 1.54) is 9.09 Å². The molecule has 0 saturated heterocycles. The topological polar surface area (TPSA) is 48.0 Å². The smallest absolute Gasteiger partial charge is 0.295 e. The molecular weight excluding hydrogens is 232 g/mol. The molecule has 1 aliphatic rings. The van der Waals surface area contributed by atoms with E-state index in [1.807, 2.05) is 6.07 Å². The zero-order valence-corrected chi connectivity index (χ0v) is 9.65. The second-order valence-electron chi connectivity index (χ2n) is 3.23. The third kappa shape index (κ3) is 1.28. The normalized spacial score (nSPS) is 13.7. The first-order valence-electron chi connectivity index (χ1n) is 4.63. The van der Waals surface area contributed by atoms with Gasteiger partial charge in [0.2, 0.25) is 0 Å². The van der Waals surface area contributed by atoms with Gasteiger partial charge in [-0.05, 0) is 12.5 Å². The Morgan fingerprint density at radius 1 is 1.67 bits per heavy atom. The number of aryl methyl sites for hydroxylation is 1. The highest BCUT2D eigenvalue weighted by atomic mass is 32.2. The van der Waals surface area contributed by atoms with Crippen molar-refractivity contribution in [3.8, 4) is 5.69 Å². The summed E-state index contributed by atoms with van der Waals surface area (Å²) in [4.78, 5) is 12.7. The summed E-state index contributed by atoms with van der Waals surface area (Å²) >= 11 is 3.46. The second kappa shape index (κ2) is 3.24. The van der Waals surface area contributed by atoms with Crippen molar-refractivity contribution in [1.29, 1.82) is 0 Å². The van der Waals surface area contributed by atoms with E-state index in [0.717, 1.165) is 12.1 Å². The maximum Gasteiger partial charge on any atom is 0.446 e. The summed E-state index contributed by atoms with van der Waals surface area (Å²) in [5.41, 5.74) is 0.939. The number of aromatic nitrogens is 2. The standard InChI is InChI=1S/C9H8N2O2S2/c1-2-5-3-6-8(15-5)14-4-7-10-13-9(12)11(6)7/h3H,2,4H2,1H3. The Morgan fingerprint density at radius 3 is 3.33 bits per heavy atom. The quantitative estimate of drug-likeness (QED) is 0.765. The summed E-state index contributed by atoms with van der Waals surface area (Å²) < 4.78 is 7.42. The molecule has 0 aliphatic carbocycles. The van der Waals surface area contributed by atoms with Crippen molar-refractivity contribution in [3.63, 3.8) is 0 Å². The van der Waals surface area contributed by atoms with Gasteiger partial charge in [-0.15, -0.1) is 23.1 Å². The number of fused-ring (bicyclic) bond motifs is 3. The van der Waals surface area contributed by atoms with Crippen LogP contribution < -0.4 is 5.76 Å². The lowest BCUT2D eigenvalue weighted by atomic mass is 10.3. The van der Waals surface area contributed by atoms with E-state index in [1.54, 1.807) is 27.7 Å². The molecule has 0 atom stereocenters. The van der Waals surface area contributed by atoms with Crippen molar-refractivity contribution in [2.75, 3.05) is 0 Å². The first-order chi connectivity index (χ1) is 7.29. The first kappa shape index (κ1) is 9.23. The van der Waals surface area contributed by atoms with Crippen LogP contribution in [0.15, 0.2) is 19.6 Å². The van der Waals surface area contributed by atoms with Crippen LogP contribution in [0.1, 0.15) is 17.6 Å². The fraction of sp³-hybridized carbons (Fsp3) is 0.333. The minimum atomic E-state index is -0.382. The van der Waals surface area contributed by atoms with Gasteiger partial charge in [-0.1, -0.05) is 12.1 Å². The lowest BCUT2D eigenvalue weighted by Crippen LogP contribution is -2.16. The molecule has 1 aliphatic heterocycles. The summed E-state index contributed by atoms with van der Waals surface area (Å²) in [6.07, 6.45) is 0.994. The minimum Gasteiger partial charge on any atom is -0.295 e. The Bertz CT molecular complexity index is 567. The van der Waals surface area contributed by atoms with E-state index in [-0.39, 0.29) is 5.76 Å². The van der Waals surface area contributed by atoms with Crippen LogP contribution in [0.4, 0.5) is 0 Å². The minimum absolute atomic E-state index is 0.382. The molecule has 4 nitrogen and oxygen atoms in total. The maximum absolute atomic E-state index is 11.5. The lowest BCUT2D eigenvalue weighted by Gasteiger charge is -2.09. The SMILES string of the molecule is CCc1cc2c(s1)SCc1noc(=O)n1-2. The number of nitrogens with zero attached hydrogens (tertiary/aromatic N) is 2. The van der Waals surface area contributed by atoms with Gasteiger partial charge >= 0.3 is 5.76 Å². The Hall–Kier alpha value is -1.01. The van der Waals surface area contributed by atoms with Crippen molar-refractivity contribution in [1.82, 2.24) is 9.72 Å². The fourth-order valence-corrected chi connectivity index (χ4v) is 3.86. The van der Waals surface area contributed by atoms with Crippen LogP contribution in [0.5, 0.6) is 0 Å². The molecule has 2 aromatic rings. The fourth-order valence-electron chi connectivity index (χ4n) is 1.58. The molecule has 6 heteroatoms. The van der Waals surface area contributed by atoms with E-state index < -0.39 is 0 Å². The highest BCUT2D eigenvalue weighted by Gasteiger charge is 2.23. The van der Waals surface area contributed by atoms with Crippen molar-refractivity contribution in [2.24, 2.45) is 0 Å². The van der Waals surface area contributed by atoms with Gasteiger partial charge in [-0.3, -0.25) is 4.52 Å². The summed E-state index contributed by atoms with van der Waals surface area (Å²) in [5, 5.41) is 3.75. The van der Waals surface area contributed by atoms with Crippen molar-refractivity contribution in [3.05, 3.63) is 27.3 Å². The van der Waals surface area contributed by atoms with Crippen LogP contribution in [-0.2, 0) is 12.2 Å². The molecule has 0 saturated carbocycles. The lowest BCUT2D eigenvalue weighted by molar-refractivity contribution is 0.380.